The van der Waals surface area contributed by atoms with Crippen LogP contribution in [0.15, 0.2) is 0 Å². The minimum absolute atomic E-state index is 0.0174. The molecule has 0 aliphatic heterocycles. The van der Waals surface area contributed by atoms with E-state index in [9.17, 15) is 4.79 Å². The maximum Gasteiger partial charge on any atom is 0.232 e. The Morgan fingerprint density at radius 3 is 2.23 bits per heavy atom. The van der Waals surface area contributed by atoms with Crippen LogP contribution in [0.4, 0.5) is 11.6 Å². The number of anilines is 2. The van der Waals surface area contributed by atoms with E-state index >= 15 is 0 Å². The van der Waals surface area contributed by atoms with Crippen molar-refractivity contribution in [2.24, 2.45) is 0 Å². The maximum atomic E-state index is 10.6. The zero-order valence-electron chi connectivity index (χ0n) is 6.64. The molecule has 1 rings (SSSR count). The number of halogens is 2. The lowest BCUT2D eigenvalue weighted by atomic mass is 10.5. The number of carbonyl (C=O) groups is 1. The van der Waals surface area contributed by atoms with E-state index in [4.69, 9.17) is 28.9 Å². The molecule has 0 radical (unpaired) electrons. The van der Waals surface area contributed by atoms with Gasteiger partial charge < -0.3 is 5.73 Å². The summed E-state index contributed by atoms with van der Waals surface area (Å²) in [6.07, 6.45) is 0. The third kappa shape index (κ3) is 2.43. The van der Waals surface area contributed by atoms with Crippen LogP contribution in [0, 0.1) is 0 Å². The van der Waals surface area contributed by atoms with Crippen molar-refractivity contribution in [3.05, 3.63) is 10.3 Å². The Bertz CT molecular complexity index is 331. The quantitative estimate of drug-likeness (QED) is 0.700. The Kier molecular flexibility index (Phi) is 2.90. The molecular formula is C6H6Cl2N4O. The standard InChI is InChI=1S/C6H6Cl2N4O/c1-2(13)10-6-11-4(7)3(9)5(8)12-6/h9H2,1H3,(H,10,11,12,13). The lowest BCUT2D eigenvalue weighted by Crippen LogP contribution is -2.10. The zero-order valence-corrected chi connectivity index (χ0v) is 8.15. The van der Waals surface area contributed by atoms with Crippen molar-refractivity contribution < 1.29 is 4.79 Å². The minimum Gasteiger partial charge on any atom is -0.394 e. The number of nitrogens with one attached hydrogen (secondary N) is 1. The van der Waals surface area contributed by atoms with Gasteiger partial charge in [-0.25, -0.2) is 0 Å². The Morgan fingerprint density at radius 2 is 1.85 bits per heavy atom. The van der Waals surface area contributed by atoms with Gasteiger partial charge in [-0.05, 0) is 0 Å². The summed E-state index contributed by atoms with van der Waals surface area (Å²) in [4.78, 5) is 18.0. The van der Waals surface area contributed by atoms with Crippen LogP contribution in [0.2, 0.25) is 10.3 Å². The molecule has 0 aliphatic rings. The van der Waals surface area contributed by atoms with Gasteiger partial charge in [0, 0.05) is 6.92 Å². The normalized spacial score (nSPS) is 9.77. The van der Waals surface area contributed by atoms with Gasteiger partial charge in [0.2, 0.25) is 11.9 Å². The van der Waals surface area contributed by atoms with Gasteiger partial charge in [0.25, 0.3) is 0 Å². The van der Waals surface area contributed by atoms with Crippen LogP contribution in [0.1, 0.15) is 6.92 Å². The third-order valence-corrected chi connectivity index (χ3v) is 1.72. The molecular weight excluding hydrogens is 215 g/mol. The fraction of sp³-hybridized carbons (Fsp3) is 0.167. The molecule has 1 heterocycles. The predicted molar refractivity (Wildman–Crippen MR) is 50.8 cm³/mol. The maximum absolute atomic E-state index is 10.6. The second-order valence-electron chi connectivity index (χ2n) is 2.22. The van der Waals surface area contributed by atoms with E-state index in [0.29, 0.717) is 0 Å². The molecule has 0 bridgehead atoms. The van der Waals surface area contributed by atoms with E-state index in [1.165, 1.54) is 6.92 Å². The number of hydrogen-bond acceptors (Lipinski definition) is 4. The summed E-state index contributed by atoms with van der Waals surface area (Å²) >= 11 is 11.2. The first-order valence-electron chi connectivity index (χ1n) is 3.27. The van der Waals surface area contributed by atoms with Crippen molar-refractivity contribution in [2.45, 2.75) is 6.92 Å². The molecule has 0 spiro atoms. The molecule has 0 fully saturated rings. The molecule has 1 aromatic rings. The minimum atomic E-state index is -0.308. The number of nitrogen functional groups attached to an aromatic ring is 1. The molecule has 0 saturated heterocycles. The SMILES string of the molecule is CC(=O)Nc1nc(Cl)c(N)c(Cl)n1. The van der Waals surface area contributed by atoms with Gasteiger partial charge >= 0.3 is 0 Å². The topological polar surface area (TPSA) is 80.9 Å². The van der Waals surface area contributed by atoms with Crippen molar-refractivity contribution in [1.82, 2.24) is 9.97 Å². The van der Waals surface area contributed by atoms with E-state index in [2.05, 4.69) is 15.3 Å². The molecule has 7 heteroatoms. The summed E-state index contributed by atoms with van der Waals surface area (Å²) in [6, 6.07) is 0. The highest BCUT2D eigenvalue weighted by Gasteiger charge is 2.08. The number of nitrogens with zero attached hydrogens (tertiary/aromatic N) is 2. The summed E-state index contributed by atoms with van der Waals surface area (Å²) < 4.78 is 0. The number of nitrogens with two attached hydrogens (primary N) is 1. The van der Waals surface area contributed by atoms with Gasteiger partial charge in [-0.15, -0.1) is 0 Å². The Morgan fingerprint density at radius 1 is 1.38 bits per heavy atom. The molecule has 70 valence electrons. The zero-order chi connectivity index (χ0) is 10.0. The molecule has 13 heavy (non-hydrogen) atoms. The molecule has 5 nitrogen and oxygen atoms in total. The average Bonchev–Trinajstić information content (AvgIpc) is 1.98. The smallest absolute Gasteiger partial charge is 0.232 e. The number of aromatic nitrogens is 2. The van der Waals surface area contributed by atoms with Gasteiger partial charge in [0.15, 0.2) is 10.3 Å². The van der Waals surface area contributed by atoms with E-state index in [1.54, 1.807) is 0 Å². The van der Waals surface area contributed by atoms with Crippen molar-refractivity contribution in [3.63, 3.8) is 0 Å². The summed E-state index contributed by atoms with van der Waals surface area (Å²) in [7, 11) is 0. The molecule has 0 aromatic carbocycles. The highest BCUT2D eigenvalue weighted by atomic mass is 35.5. The second kappa shape index (κ2) is 3.76. The summed E-state index contributed by atoms with van der Waals surface area (Å²) in [6.45, 7) is 1.32. The van der Waals surface area contributed by atoms with E-state index in [1.807, 2.05) is 0 Å². The molecule has 1 amide bonds. The van der Waals surface area contributed by atoms with Crippen molar-refractivity contribution in [1.29, 1.82) is 0 Å². The van der Waals surface area contributed by atoms with Gasteiger partial charge in [-0.1, -0.05) is 23.2 Å². The molecule has 0 aliphatic carbocycles. The highest BCUT2D eigenvalue weighted by molar-refractivity contribution is 6.37. The van der Waals surface area contributed by atoms with Crippen LogP contribution in [0.5, 0.6) is 0 Å². The Labute approximate surface area is 84.3 Å². The lowest BCUT2D eigenvalue weighted by Gasteiger charge is -2.03. The van der Waals surface area contributed by atoms with Crippen molar-refractivity contribution >= 4 is 40.7 Å². The van der Waals surface area contributed by atoms with Gasteiger partial charge in [0.05, 0.1) is 0 Å². The van der Waals surface area contributed by atoms with Gasteiger partial charge in [0.1, 0.15) is 5.69 Å². The van der Waals surface area contributed by atoms with Gasteiger partial charge in [-0.3, -0.25) is 10.1 Å². The van der Waals surface area contributed by atoms with Crippen molar-refractivity contribution in [2.75, 3.05) is 11.1 Å². The first kappa shape index (κ1) is 10.0. The van der Waals surface area contributed by atoms with Crippen LogP contribution in [0.25, 0.3) is 0 Å². The Hall–Kier alpha value is -1.07. The Balaban J connectivity index is 3.06. The molecule has 0 saturated carbocycles. The number of hydrogen-bond donors (Lipinski definition) is 2. The first-order valence-corrected chi connectivity index (χ1v) is 4.02. The summed E-state index contributed by atoms with van der Waals surface area (Å²) in [5, 5.41) is 2.36. The molecule has 0 unspecified atom stereocenters. The first-order chi connectivity index (χ1) is 6.00. The van der Waals surface area contributed by atoms with Crippen LogP contribution in [-0.2, 0) is 4.79 Å². The van der Waals surface area contributed by atoms with Crippen LogP contribution in [-0.4, -0.2) is 15.9 Å². The number of amides is 1. The van der Waals surface area contributed by atoms with Gasteiger partial charge in [-0.2, -0.15) is 9.97 Å². The highest BCUT2D eigenvalue weighted by Crippen LogP contribution is 2.24. The third-order valence-electron chi connectivity index (χ3n) is 1.14. The van der Waals surface area contributed by atoms with Crippen LogP contribution < -0.4 is 11.1 Å². The lowest BCUT2D eigenvalue weighted by molar-refractivity contribution is -0.114. The average molecular weight is 221 g/mol. The molecule has 0 atom stereocenters. The second-order valence-corrected chi connectivity index (χ2v) is 2.94. The van der Waals surface area contributed by atoms with E-state index in [-0.39, 0.29) is 27.8 Å². The molecule has 1 aromatic heterocycles. The van der Waals surface area contributed by atoms with E-state index in [0.717, 1.165) is 0 Å². The largest absolute Gasteiger partial charge is 0.394 e. The van der Waals surface area contributed by atoms with Crippen molar-refractivity contribution in [3.8, 4) is 0 Å². The monoisotopic (exact) mass is 220 g/mol. The fourth-order valence-electron chi connectivity index (χ4n) is 0.630. The van der Waals surface area contributed by atoms with Crippen LogP contribution in [0.3, 0.4) is 0 Å². The number of carbonyl (C=O) groups excluding carboxylic acids is 1. The summed E-state index contributed by atoms with van der Waals surface area (Å²) in [5.74, 6) is -0.270. The van der Waals surface area contributed by atoms with E-state index < -0.39 is 0 Å². The number of rotatable bonds is 1. The molecule has 3 N–H and O–H groups in total. The van der Waals surface area contributed by atoms with Crippen LogP contribution >= 0.6 is 23.2 Å². The fourth-order valence-corrected chi connectivity index (χ4v) is 1.02. The predicted octanol–water partition coefficient (Wildman–Crippen LogP) is 1.32. The summed E-state index contributed by atoms with van der Waals surface area (Å²) in [5.41, 5.74) is 5.47.